The second-order valence-corrected chi connectivity index (χ2v) is 5.84. The fourth-order valence-electron chi connectivity index (χ4n) is 2.98. The number of rotatable bonds is 5. The molecule has 118 valence electrons. The van der Waals surface area contributed by atoms with E-state index >= 15 is 0 Å². The van der Waals surface area contributed by atoms with Crippen molar-refractivity contribution >= 4 is 5.82 Å². The third-order valence-corrected chi connectivity index (χ3v) is 4.18. The SMILES string of the molecule is CCCCCN1Cn2nc(-c3ccccc3)nc2-c2[nH]cnc21. The molecule has 1 aliphatic heterocycles. The Morgan fingerprint density at radius 3 is 2.87 bits per heavy atom. The highest BCUT2D eigenvalue weighted by atomic mass is 15.5. The second kappa shape index (κ2) is 5.87. The molecule has 3 heterocycles. The van der Waals surface area contributed by atoms with Crippen molar-refractivity contribution in [3.8, 4) is 22.9 Å². The van der Waals surface area contributed by atoms with Crippen LogP contribution in [0.15, 0.2) is 36.7 Å². The molecule has 0 radical (unpaired) electrons. The number of imidazole rings is 1. The van der Waals surface area contributed by atoms with Gasteiger partial charge in [-0.25, -0.2) is 14.6 Å². The Morgan fingerprint density at radius 2 is 2.04 bits per heavy atom. The van der Waals surface area contributed by atoms with Gasteiger partial charge in [-0.1, -0.05) is 50.1 Å². The monoisotopic (exact) mass is 308 g/mol. The Bertz CT molecular complexity index is 789. The molecule has 1 aromatic carbocycles. The molecule has 0 unspecified atom stereocenters. The molecule has 3 aromatic rings. The maximum Gasteiger partial charge on any atom is 0.181 e. The molecular formula is C17H20N6. The molecule has 23 heavy (non-hydrogen) atoms. The topological polar surface area (TPSA) is 62.6 Å². The molecule has 0 spiro atoms. The molecule has 1 N–H and O–H groups in total. The van der Waals surface area contributed by atoms with Gasteiger partial charge in [0.05, 0.1) is 6.33 Å². The van der Waals surface area contributed by atoms with Crippen molar-refractivity contribution < 1.29 is 0 Å². The summed E-state index contributed by atoms with van der Waals surface area (Å²) in [6, 6.07) is 10.1. The van der Waals surface area contributed by atoms with Crippen molar-refractivity contribution in [2.45, 2.75) is 32.9 Å². The first-order valence-electron chi connectivity index (χ1n) is 8.15. The molecule has 0 atom stereocenters. The molecule has 0 aliphatic carbocycles. The van der Waals surface area contributed by atoms with Crippen molar-refractivity contribution in [1.82, 2.24) is 24.7 Å². The standard InChI is InChI=1S/C17H20N6/c1-2-3-7-10-22-12-23-17(14-16(22)19-11-18-14)20-15(21-23)13-8-5-4-6-9-13/h4-6,8-9,11H,2-3,7,10,12H2,1H3,(H,18,19). The molecule has 0 fully saturated rings. The molecule has 2 aromatic heterocycles. The summed E-state index contributed by atoms with van der Waals surface area (Å²) in [6.45, 7) is 3.92. The molecular weight excluding hydrogens is 288 g/mol. The molecule has 6 nitrogen and oxygen atoms in total. The molecule has 1 aliphatic rings. The number of H-pyrrole nitrogens is 1. The van der Waals surface area contributed by atoms with E-state index in [9.17, 15) is 0 Å². The van der Waals surface area contributed by atoms with Crippen LogP contribution < -0.4 is 4.90 Å². The lowest BCUT2D eigenvalue weighted by Gasteiger charge is -2.27. The van der Waals surface area contributed by atoms with Crippen molar-refractivity contribution in [2.24, 2.45) is 0 Å². The number of hydrogen-bond acceptors (Lipinski definition) is 4. The Hall–Kier alpha value is -2.63. The number of unbranched alkanes of at least 4 members (excludes halogenated alkanes) is 2. The second-order valence-electron chi connectivity index (χ2n) is 5.84. The van der Waals surface area contributed by atoms with E-state index in [0.717, 1.165) is 35.3 Å². The van der Waals surface area contributed by atoms with E-state index in [2.05, 4.69) is 21.8 Å². The molecule has 0 bridgehead atoms. The van der Waals surface area contributed by atoms with Gasteiger partial charge >= 0.3 is 0 Å². The number of hydrogen-bond donors (Lipinski definition) is 1. The van der Waals surface area contributed by atoms with Gasteiger partial charge in [0.2, 0.25) is 0 Å². The van der Waals surface area contributed by atoms with Crippen molar-refractivity contribution in [3.05, 3.63) is 36.7 Å². The fourth-order valence-corrected chi connectivity index (χ4v) is 2.98. The van der Waals surface area contributed by atoms with Crippen molar-refractivity contribution in [1.29, 1.82) is 0 Å². The summed E-state index contributed by atoms with van der Waals surface area (Å²) in [5, 5.41) is 4.69. The Labute approximate surface area is 135 Å². The van der Waals surface area contributed by atoms with Crippen LogP contribution in [0.25, 0.3) is 22.9 Å². The summed E-state index contributed by atoms with van der Waals surface area (Å²) >= 11 is 0. The van der Waals surface area contributed by atoms with Crippen LogP contribution in [0.5, 0.6) is 0 Å². The Morgan fingerprint density at radius 1 is 1.17 bits per heavy atom. The average Bonchev–Trinajstić information content (AvgIpc) is 3.22. The van der Waals surface area contributed by atoms with Gasteiger partial charge in [-0.3, -0.25) is 0 Å². The minimum Gasteiger partial charge on any atom is -0.340 e. The van der Waals surface area contributed by atoms with Crippen LogP contribution in [-0.2, 0) is 6.67 Å². The molecule has 0 saturated heterocycles. The van der Waals surface area contributed by atoms with Crippen LogP contribution in [0, 0.1) is 0 Å². The number of anilines is 1. The van der Waals surface area contributed by atoms with Gasteiger partial charge in [0.1, 0.15) is 12.4 Å². The summed E-state index contributed by atoms with van der Waals surface area (Å²) in [7, 11) is 0. The van der Waals surface area contributed by atoms with Crippen molar-refractivity contribution in [2.75, 3.05) is 11.4 Å². The van der Waals surface area contributed by atoms with Crippen LogP contribution in [0.4, 0.5) is 5.82 Å². The van der Waals surface area contributed by atoms with Crippen LogP contribution in [-0.4, -0.2) is 31.3 Å². The van der Waals surface area contributed by atoms with E-state index in [1.165, 1.54) is 19.3 Å². The minimum atomic E-state index is 0.705. The third-order valence-electron chi connectivity index (χ3n) is 4.18. The Balaban J connectivity index is 1.68. The maximum atomic E-state index is 4.72. The number of aromatic nitrogens is 5. The fraction of sp³-hybridized carbons (Fsp3) is 0.353. The molecule has 0 saturated carbocycles. The molecule has 4 rings (SSSR count). The van der Waals surface area contributed by atoms with Crippen molar-refractivity contribution in [3.63, 3.8) is 0 Å². The van der Waals surface area contributed by atoms with Gasteiger partial charge in [-0.05, 0) is 6.42 Å². The predicted octanol–water partition coefficient (Wildman–Crippen LogP) is 3.30. The highest BCUT2D eigenvalue weighted by molar-refractivity contribution is 5.71. The van der Waals surface area contributed by atoms with Gasteiger partial charge < -0.3 is 9.88 Å². The van der Waals surface area contributed by atoms with Crippen LogP contribution >= 0.6 is 0 Å². The predicted molar refractivity (Wildman–Crippen MR) is 89.9 cm³/mol. The summed E-state index contributed by atoms with van der Waals surface area (Å²) in [4.78, 5) is 14.7. The number of aromatic amines is 1. The lowest BCUT2D eigenvalue weighted by atomic mass is 10.2. The van der Waals surface area contributed by atoms with Crippen LogP contribution in [0.3, 0.4) is 0 Å². The molecule has 0 amide bonds. The summed E-state index contributed by atoms with van der Waals surface area (Å²) in [6.07, 6.45) is 5.35. The largest absolute Gasteiger partial charge is 0.340 e. The van der Waals surface area contributed by atoms with Gasteiger partial charge in [0, 0.05) is 12.1 Å². The van der Waals surface area contributed by atoms with E-state index in [0.29, 0.717) is 6.67 Å². The lowest BCUT2D eigenvalue weighted by Crippen LogP contribution is -2.32. The molecule has 6 heteroatoms. The van der Waals surface area contributed by atoms with E-state index in [-0.39, 0.29) is 0 Å². The van der Waals surface area contributed by atoms with Crippen LogP contribution in [0.2, 0.25) is 0 Å². The first kappa shape index (κ1) is 14.0. The highest BCUT2D eigenvalue weighted by Crippen LogP contribution is 2.32. The lowest BCUT2D eigenvalue weighted by molar-refractivity contribution is 0.548. The van der Waals surface area contributed by atoms with Gasteiger partial charge in [0.15, 0.2) is 17.5 Å². The van der Waals surface area contributed by atoms with Gasteiger partial charge in [-0.2, -0.15) is 0 Å². The summed E-state index contributed by atoms with van der Waals surface area (Å²) < 4.78 is 1.97. The first-order valence-corrected chi connectivity index (χ1v) is 8.15. The van der Waals surface area contributed by atoms with E-state index in [1.807, 2.05) is 35.0 Å². The summed E-state index contributed by atoms with van der Waals surface area (Å²) in [5.41, 5.74) is 2.00. The highest BCUT2D eigenvalue weighted by Gasteiger charge is 2.27. The van der Waals surface area contributed by atoms with Gasteiger partial charge in [-0.15, -0.1) is 5.10 Å². The first-order chi connectivity index (χ1) is 11.4. The zero-order valence-corrected chi connectivity index (χ0v) is 13.2. The number of benzene rings is 1. The van der Waals surface area contributed by atoms with E-state index < -0.39 is 0 Å². The maximum absolute atomic E-state index is 4.72. The number of nitrogens with zero attached hydrogens (tertiary/aromatic N) is 5. The quantitative estimate of drug-likeness (QED) is 0.735. The van der Waals surface area contributed by atoms with E-state index in [1.54, 1.807) is 6.33 Å². The van der Waals surface area contributed by atoms with E-state index in [4.69, 9.17) is 10.1 Å². The summed E-state index contributed by atoms with van der Waals surface area (Å²) in [5.74, 6) is 2.61. The zero-order valence-electron chi connectivity index (χ0n) is 13.2. The zero-order chi connectivity index (χ0) is 15.6. The third kappa shape index (κ3) is 2.50. The normalized spacial score (nSPS) is 13.0. The minimum absolute atomic E-state index is 0.705. The average molecular weight is 308 g/mol. The smallest absolute Gasteiger partial charge is 0.181 e. The number of nitrogens with one attached hydrogen (secondary N) is 1. The number of fused-ring (bicyclic) bond motifs is 3. The van der Waals surface area contributed by atoms with Gasteiger partial charge in [0.25, 0.3) is 0 Å². The van der Waals surface area contributed by atoms with Crippen LogP contribution in [0.1, 0.15) is 26.2 Å². The Kier molecular flexibility index (Phi) is 3.57.